The van der Waals surface area contributed by atoms with Crippen LogP contribution in [0.5, 0.6) is 0 Å². The van der Waals surface area contributed by atoms with Gasteiger partial charge in [0.25, 0.3) is 0 Å². The quantitative estimate of drug-likeness (QED) is 0.599. The Morgan fingerprint density at radius 2 is 1.52 bits per heavy atom. The van der Waals surface area contributed by atoms with Crippen molar-refractivity contribution in [2.45, 2.75) is 24.5 Å². The zero-order valence-electron chi connectivity index (χ0n) is 11.2. The predicted molar refractivity (Wildman–Crippen MR) is 63.1 cm³/mol. The minimum Gasteiger partial charge on any atom is -0.324 e. The van der Waals surface area contributed by atoms with Gasteiger partial charge in [0.2, 0.25) is 0 Å². The molecule has 1 aromatic rings. The van der Waals surface area contributed by atoms with Crippen LogP contribution in [-0.4, -0.2) is 30.0 Å². The van der Waals surface area contributed by atoms with Crippen LogP contribution in [0.1, 0.15) is 11.7 Å². The van der Waals surface area contributed by atoms with E-state index in [-0.39, 0.29) is 0 Å². The van der Waals surface area contributed by atoms with Crippen LogP contribution >= 0.6 is 7.60 Å². The monoisotopic (exact) mass is 370 g/mol. The zero-order valence-corrected chi connectivity index (χ0v) is 12.1. The van der Waals surface area contributed by atoms with E-state index in [0.717, 1.165) is 24.3 Å². The van der Waals surface area contributed by atoms with Crippen molar-refractivity contribution >= 4 is 7.60 Å². The van der Waals surface area contributed by atoms with Gasteiger partial charge >= 0.3 is 26.0 Å². The molecular weight excluding hydrogens is 360 g/mol. The number of halogens is 7. The van der Waals surface area contributed by atoms with Crippen LogP contribution in [0.15, 0.2) is 30.3 Å². The van der Waals surface area contributed by atoms with Crippen LogP contribution in [0, 0.1) is 0 Å². The van der Waals surface area contributed by atoms with Gasteiger partial charge in [-0.25, -0.2) is 4.74 Å². The maximum Gasteiger partial charge on any atom is 0.527 e. The Morgan fingerprint density at radius 3 is 1.91 bits per heavy atom. The van der Waals surface area contributed by atoms with E-state index in [1.807, 2.05) is 0 Å². The van der Waals surface area contributed by atoms with Gasteiger partial charge < -0.3 is 4.89 Å². The highest BCUT2D eigenvalue weighted by molar-refractivity contribution is 7.51. The van der Waals surface area contributed by atoms with E-state index in [2.05, 4.69) is 9.26 Å². The molecule has 1 aromatic carbocycles. The number of benzene rings is 1. The Hall–Kier alpha value is -1.16. The Labute approximate surface area is 125 Å². The summed E-state index contributed by atoms with van der Waals surface area (Å²) in [6.45, 7) is 0.418. The molecule has 0 saturated carbocycles. The molecule has 0 radical (unpaired) electrons. The predicted octanol–water partition coefficient (Wildman–Crippen LogP) is 4.32. The van der Waals surface area contributed by atoms with Crippen molar-refractivity contribution in [3.05, 3.63) is 35.9 Å². The second-order valence-corrected chi connectivity index (χ2v) is 6.20. The van der Waals surface area contributed by atoms with Crippen molar-refractivity contribution in [3.8, 4) is 0 Å². The summed E-state index contributed by atoms with van der Waals surface area (Å²) in [6.07, 6.45) is -15.3. The minimum atomic E-state index is -6.07. The summed E-state index contributed by atoms with van der Waals surface area (Å²) in [4.78, 5) is 9.00. The fourth-order valence-electron chi connectivity index (χ4n) is 1.53. The van der Waals surface area contributed by atoms with Crippen molar-refractivity contribution < 1.29 is 49.5 Å². The number of alkyl halides is 7. The topological polar surface area (TPSA) is 55.8 Å². The van der Waals surface area contributed by atoms with E-state index in [0.29, 0.717) is 6.66 Å². The molecule has 1 N–H and O–H groups in total. The Balaban J connectivity index is 3.31. The molecule has 12 heteroatoms. The van der Waals surface area contributed by atoms with Crippen molar-refractivity contribution in [1.29, 1.82) is 0 Å². The molecule has 0 aromatic heterocycles. The molecule has 0 aliphatic carbocycles. The lowest BCUT2D eigenvalue weighted by atomic mass is 10.0. The van der Waals surface area contributed by atoms with Gasteiger partial charge in [0.15, 0.2) is 6.10 Å². The molecule has 0 fully saturated rings. The lowest BCUT2D eigenvalue weighted by Crippen LogP contribution is -2.50. The van der Waals surface area contributed by atoms with Crippen LogP contribution in [-0.2, 0) is 13.8 Å². The molecule has 0 amide bonds. The van der Waals surface area contributed by atoms with E-state index in [9.17, 15) is 35.3 Å². The van der Waals surface area contributed by atoms with E-state index >= 15 is 0 Å². The van der Waals surface area contributed by atoms with E-state index in [1.165, 1.54) is 6.07 Å². The van der Waals surface area contributed by atoms with Gasteiger partial charge in [0.1, 0.15) is 0 Å². The van der Waals surface area contributed by atoms with Crippen molar-refractivity contribution in [3.63, 3.8) is 0 Å². The van der Waals surface area contributed by atoms with E-state index < -0.39 is 37.7 Å². The van der Waals surface area contributed by atoms with Crippen LogP contribution in [0.4, 0.5) is 30.7 Å². The molecular formula is C11H10F7O4P. The summed E-state index contributed by atoms with van der Waals surface area (Å²) in [5, 5.41) is 0. The van der Waals surface area contributed by atoms with Gasteiger partial charge in [0, 0.05) is 6.66 Å². The highest BCUT2D eigenvalue weighted by atomic mass is 31.2. The third-order valence-corrected chi connectivity index (χ3v) is 2.97. The largest absolute Gasteiger partial charge is 0.527 e. The maximum absolute atomic E-state index is 13.9. The fourth-order valence-corrected chi connectivity index (χ4v) is 2.17. The highest BCUT2D eigenvalue weighted by Gasteiger charge is 2.68. The molecule has 0 aliphatic heterocycles. The number of ether oxygens (including phenoxy) is 1. The third kappa shape index (κ3) is 5.45. The van der Waals surface area contributed by atoms with Gasteiger partial charge in [-0.05, 0) is 5.56 Å². The standard InChI is InChI=1S/C11H10F7O4P/c1-23(19,20)21-8(7-5-3-2-4-6-7)9(12,13)10(14,15)22-11(16,17)18/h2-6,8H,1H3,(H,19,20)/t8-/m0/s1. The molecule has 0 aliphatic rings. The zero-order chi connectivity index (χ0) is 18.1. The smallest absolute Gasteiger partial charge is 0.324 e. The molecule has 0 spiro atoms. The van der Waals surface area contributed by atoms with Crippen LogP contribution in [0.25, 0.3) is 0 Å². The first kappa shape index (κ1) is 19.9. The van der Waals surface area contributed by atoms with Crippen LogP contribution in [0.2, 0.25) is 0 Å². The Kier molecular flexibility index (Phi) is 5.52. The van der Waals surface area contributed by atoms with Gasteiger partial charge in [-0.1, -0.05) is 30.3 Å². The lowest BCUT2D eigenvalue weighted by Gasteiger charge is -2.33. The summed E-state index contributed by atoms with van der Waals surface area (Å²) in [5.41, 5.74) is -0.737. The summed E-state index contributed by atoms with van der Waals surface area (Å²) in [6, 6.07) is 5.13. The maximum atomic E-state index is 13.9. The summed E-state index contributed by atoms with van der Waals surface area (Å²) in [7, 11) is -4.75. The molecule has 0 bridgehead atoms. The van der Waals surface area contributed by atoms with E-state index in [4.69, 9.17) is 4.89 Å². The summed E-state index contributed by atoms with van der Waals surface area (Å²) in [5.74, 6) is -5.60. The Bertz CT molecular complexity index is 569. The number of hydrogen-bond donors (Lipinski definition) is 1. The molecule has 4 nitrogen and oxygen atoms in total. The third-order valence-electron chi connectivity index (χ3n) is 2.36. The van der Waals surface area contributed by atoms with E-state index in [1.54, 1.807) is 0 Å². The second-order valence-electron chi connectivity index (χ2n) is 4.39. The van der Waals surface area contributed by atoms with Crippen LogP contribution < -0.4 is 0 Å². The average molecular weight is 370 g/mol. The Morgan fingerprint density at radius 1 is 1.04 bits per heavy atom. The second kappa shape index (κ2) is 6.39. The van der Waals surface area contributed by atoms with Gasteiger partial charge in [-0.15, -0.1) is 13.2 Å². The summed E-state index contributed by atoms with van der Waals surface area (Å²) >= 11 is 0. The summed E-state index contributed by atoms with van der Waals surface area (Å²) < 4.78 is 107. The van der Waals surface area contributed by atoms with Crippen LogP contribution in [0.3, 0.4) is 0 Å². The highest BCUT2D eigenvalue weighted by Crippen LogP contribution is 2.54. The minimum absolute atomic E-state index is 0.418. The number of rotatable bonds is 6. The first-order valence-corrected chi connectivity index (χ1v) is 7.74. The van der Waals surface area contributed by atoms with Crippen molar-refractivity contribution in [2.75, 3.05) is 6.66 Å². The molecule has 23 heavy (non-hydrogen) atoms. The molecule has 1 unspecified atom stereocenters. The molecule has 0 saturated heterocycles. The molecule has 1 rings (SSSR count). The van der Waals surface area contributed by atoms with Crippen molar-refractivity contribution in [2.24, 2.45) is 0 Å². The lowest BCUT2D eigenvalue weighted by molar-refractivity contribution is -0.473. The molecule has 132 valence electrons. The van der Waals surface area contributed by atoms with Gasteiger partial charge in [-0.3, -0.25) is 9.09 Å². The SMILES string of the molecule is CP(=O)(O)O[C@@H](c1ccccc1)C(F)(F)C(F)(F)OC(F)(F)F. The molecule has 2 atom stereocenters. The van der Waals surface area contributed by atoms with Gasteiger partial charge in [-0.2, -0.15) is 17.6 Å². The van der Waals surface area contributed by atoms with Crippen molar-refractivity contribution in [1.82, 2.24) is 0 Å². The average Bonchev–Trinajstić information content (AvgIpc) is 2.32. The molecule has 0 heterocycles. The normalized spacial score (nSPS) is 17.6. The first-order valence-electron chi connectivity index (χ1n) is 5.72. The van der Waals surface area contributed by atoms with Gasteiger partial charge in [0.05, 0.1) is 0 Å². The fraction of sp³-hybridized carbons (Fsp3) is 0.455. The number of hydrogen-bond acceptors (Lipinski definition) is 3. The first-order chi connectivity index (χ1) is 10.2.